The van der Waals surface area contributed by atoms with Crippen LogP contribution in [-0.2, 0) is 5.41 Å². The van der Waals surface area contributed by atoms with Gasteiger partial charge in [-0.05, 0) is 30.7 Å². The van der Waals surface area contributed by atoms with Crippen LogP contribution in [0.15, 0.2) is 53.5 Å². The molecular formula is C18H17NO. The minimum absolute atomic E-state index is 0.0637. The number of carbonyl (C=O) groups excluding carboxylic acids is 1. The van der Waals surface area contributed by atoms with Crippen LogP contribution < -0.4 is 0 Å². The van der Waals surface area contributed by atoms with E-state index in [0.29, 0.717) is 0 Å². The predicted molar refractivity (Wildman–Crippen MR) is 82.1 cm³/mol. The number of carbonyl (C=O) groups is 1. The number of benzene rings is 2. The summed E-state index contributed by atoms with van der Waals surface area (Å²) in [5.74, 6) is 0.0637. The molecule has 2 aromatic rings. The van der Waals surface area contributed by atoms with Crippen LogP contribution in [0.2, 0.25) is 0 Å². The molecule has 0 amide bonds. The average Bonchev–Trinajstić information content (AvgIpc) is 2.69. The molecule has 0 bridgehead atoms. The summed E-state index contributed by atoms with van der Waals surface area (Å²) in [5.41, 5.74) is 4.57. The van der Waals surface area contributed by atoms with E-state index in [-0.39, 0.29) is 11.2 Å². The number of nitrogens with zero attached hydrogens (tertiary/aromatic N) is 1. The summed E-state index contributed by atoms with van der Waals surface area (Å²) in [5, 5.41) is 0. The zero-order valence-corrected chi connectivity index (χ0v) is 12.0. The van der Waals surface area contributed by atoms with Gasteiger partial charge in [0.25, 0.3) is 0 Å². The van der Waals surface area contributed by atoms with Crippen molar-refractivity contribution < 1.29 is 4.79 Å². The Kier molecular flexibility index (Phi) is 2.82. The topological polar surface area (TPSA) is 29.4 Å². The molecule has 2 aromatic carbocycles. The second-order valence-electron chi connectivity index (χ2n) is 5.75. The maximum absolute atomic E-state index is 12.5. The van der Waals surface area contributed by atoms with Crippen molar-refractivity contribution in [1.82, 2.24) is 0 Å². The molecule has 1 aliphatic heterocycles. The van der Waals surface area contributed by atoms with Crippen LogP contribution in [0.3, 0.4) is 0 Å². The molecule has 0 fully saturated rings. The number of ketones is 1. The van der Waals surface area contributed by atoms with Crippen LogP contribution in [0.5, 0.6) is 0 Å². The Hall–Kier alpha value is -2.22. The van der Waals surface area contributed by atoms with Crippen molar-refractivity contribution in [1.29, 1.82) is 0 Å². The van der Waals surface area contributed by atoms with E-state index in [1.807, 2.05) is 55.5 Å². The van der Waals surface area contributed by atoms with E-state index in [0.717, 1.165) is 28.1 Å². The minimum Gasteiger partial charge on any atom is -0.289 e. The normalized spacial score (nSPS) is 15.7. The van der Waals surface area contributed by atoms with Crippen LogP contribution in [0.4, 0.5) is 5.69 Å². The van der Waals surface area contributed by atoms with E-state index in [4.69, 9.17) is 0 Å². The van der Waals surface area contributed by atoms with Crippen molar-refractivity contribution >= 4 is 17.2 Å². The van der Waals surface area contributed by atoms with Gasteiger partial charge in [-0.25, -0.2) is 0 Å². The van der Waals surface area contributed by atoms with E-state index in [1.54, 1.807) is 0 Å². The quantitative estimate of drug-likeness (QED) is 0.743. The van der Waals surface area contributed by atoms with Gasteiger partial charge in [0.1, 0.15) is 0 Å². The molecule has 1 heterocycles. The molecule has 0 saturated heterocycles. The molecule has 0 aliphatic carbocycles. The monoisotopic (exact) mass is 263 g/mol. The van der Waals surface area contributed by atoms with Crippen molar-refractivity contribution in [2.24, 2.45) is 4.99 Å². The summed E-state index contributed by atoms with van der Waals surface area (Å²) >= 11 is 0. The highest BCUT2D eigenvalue weighted by molar-refractivity contribution is 6.10. The van der Waals surface area contributed by atoms with Gasteiger partial charge in [-0.15, -0.1) is 0 Å². The molecule has 100 valence electrons. The summed E-state index contributed by atoms with van der Waals surface area (Å²) in [6.07, 6.45) is 0. The lowest BCUT2D eigenvalue weighted by molar-refractivity contribution is 0.103. The van der Waals surface area contributed by atoms with Gasteiger partial charge in [-0.2, -0.15) is 0 Å². The van der Waals surface area contributed by atoms with Crippen molar-refractivity contribution in [3.05, 3.63) is 65.2 Å². The average molecular weight is 263 g/mol. The van der Waals surface area contributed by atoms with Crippen LogP contribution >= 0.6 is 0 Å². The third-order valence-electron chi connectivity index (χ3n) is 4.16. The zero-order valence-electron chi connectivity index (χ0n) is 12.0. The van der Waals surface area contributed by atoms with Gasteiger partial charge in [0.15, 0.2) is 5.78 Å². The molecule has 0 N–H and O–H groups in total. The van der Waals surface area contributed by atoms with Gasteiger partial charge in [-0.3, -0.25) is 9.79 Å². The zero-order chi connectivity index (χ0) is 14.3. The van der Waals surface area contributed by atoms with Gasteiger partial charge >= 0.3 is 0 Å². The Morgan fingerprint density at radius 1 is 1.00 bits per heavy atom. The summed E-state index contributed by atoms with van der Waals surface area (Å²) in [6.45, 7) is 6.33. The fourth-order valence-electron chi connectivity index (χ4n) is 2.55. The molecule has 2 nitrogen and oxygen atoms in total. The van der Waals surface area contributed by atoms with E-state index < -0.39 is 0 Å². The third kappa shape index (κ3) is 1.88. The van der Waals surface area contributed by atoms with Gasteiger partial charge < -0.3 is 0 Å². The van der Waals surface area contributed by atoms with Crippen LogP contribution in [0.1, 0.15) is 42.3 Å². The lowest BCUT2D eigenvalue weighted by atomic mass is 9.81. The minimum atomic E-state index is -0.0949. The second kappa shape index (κ2) is 4.41. The molecule has 0 spiro atoms. The second-order valence-corrected chi connectivity index (χ2v) is 5.75. The largest absolute Gasteiger partial charge is 0.289 e. The summed E-state index contributed by atoms with van der Waals surface area (Å²) in [4.78, 5) is 17.1. The molecule has 20 heavy (non-hydrogen) atoms. The molecule has 1 aliphatic rings. The lowest BCUT2D eigenvalue weighted by Crippen LogP contribution is -2.23. The van der Waals surface area contributed by atoms with E-state index in [1.165, 1.54) is 0 Å². The van der Waals surface area contributed by atoms with Gasteiger partial charge in [0.2, 0.25) is 0 Å². The number of fused-ring (bicyclic) bond motifs is 1. The Balaban J connectivity index is 2.04. The van der Waals surface area contributed by atoms with E-state index >= 15 is 0 Å². The SMILES string of the molecule is CC1=Nc2ccc(C(=O)c3ccccc3)cc2C1(C)C. The molecule has 0 radical (unpaired) electrons. The van der Waals surface area contributed by atoms with Gasteiger partial charge in [0, 0.05) is 22.3 Å². The Morgan fingerprint density at radius 3 is 2.40 bits per heavy atom. The van der Waals surface area contributed by atoms with Gasteiger partial charge in [0.05, 0.1) is 5.69 Å². The smallest absolute Gasteiger partial charge is 0.193 e. The highest BCUT2D eigenvalue weighted by Crippen LogP contribution is 2.40. The molecular weight excluding hydrogens is 246 g/mol. The van der Waals surface area contributed by atoms with Crippen molar-refractivity contribution in [3.8, 4) is 0 Å². The van der Waals surface area contributed by atoms with Gasteiger partial charge in [-0.1, -0.05) is 44.2 Å². The first-order valence-corrected chi connectivity index (χ1v) is 6.80. The van der Waals surface area contributed by atoms with E-state index in [9.17, 15) is 4.79 Å². The predicted octanol–water partition coefficient (Wildman–Crippen LogP) is 4.30. The summed E-state index contributed by atoms with van der Waals surface area (Å²) in [6, 6.07) is 15.2. The first-order valence-electron chi connectivity index (χ1n) is 6.80. The number of hydrogen-bond donors (Lipinski definition) is 0. The first-order chi connectivity index (χ1) is 9.50. The van der Waals surface area contributed by atoms with Crippen molar-refractivity contribution in [2.75, 3.05) is 0 Å². The lowest BCUT2D eigenvalue weighted by Gasteiger charge is -2.20. The fourth-order valence-corrected chi connectivity index (χ4v) is 2.55. The highest BCUT2D eigenvalue weighted by atomic mass is 16.1. The van der Waals surface area contributed by atoms with Crippen LogP contribution in [-0.4, -0.2) is 11.5 Å². The highest BCUT2D eigenvalue weighted by Gasteiger charge is 2.32. The number of aliphatic imine (C=N–C) groups is 1. The molecule has 3 rings (SSSR count). The molecule has 0 saturated carbocycles. The summed E-state index contributed by atoms with van der Waals surface area (Å²) < 4.78 is 0. The van der Waals surface area contributed by atoms with E-state index in [2.05, 4.69) is 18.8 Å². The molecule has 2 heteroatoms. The Labute approximate surface area is 119 Å². The Morgan fingerprint density at radius 2 is 1.70 bits per heavy atom. The summed E-state index contributed by atoms with van der Waals surface area (Å²) in [7, 11) is 0. The molecule has 0 unspecified atom stereocenters. The first kappa shape index (κ1) is 12.8. The maximum Gasteiger partial charge on any atom is 0.193 e. The molecule has 0 atom stereocenters. The third-order valence-corrected chi connectivity index (χ3v) is 4.16. The standard InChI is InChI=1S/C18H17NO/c1-12-18(2,3)15-11-14(9-10-16(15)19-12)17(20)13-7-5-4-6-8-13/h4-11H,1-3H3. The fraction of sp³-hybridized carbons (Fsp3) is 0.222. The van der Waals surface area contributed by atoms with Crippen molar-refractivity contribution in [2.45, 2.75) is 26.2 Å². The van der Waals surface area contributed by atoms with Crippen LogP contribution in [0.25, 0.3) is 0 Å². The van der Waals surface area contributed by atoms with Crippen LogP contribution in [0, 0.1) is 0 Å². The molecule has 0 aromatic heterocycles. The number of hydrogen-bond acceptors (Lipinski definition) is 2. The Bertz CT molecular complexity index is 711. The van der Waals surface area contributed by atoms with Crippen molar-refractivity contribution in [3.63, 3.8) is 0 Å². The maximum atomic E-state index is 12.5. The number of rotatable bonds is 2.